The number of benzene rings is 9. The van der Waals surface area contributed by atoms with Crippen LogP contribution in [0.2, 0.25) is 0 Å². The summed E-state index contributed by atoms with van der Waals surface area (Å²) in [6, 6.07) is 62.5. The van der Waals surface area contributed by atoms with Gasteiger partial charge in [0.15, 0.2) is 17.5 Å². The van der Waals surface area contributed by atoms with Crippen LogP contribution in [0.1, 0.15) is 25.0 Å². The van der Waals surface area contributed by atoms with Crippen LogP contribution in [0, 0.1) is 0 Å². The van der Waals surface area contributed by atoms with Gasteiger partial charge in [-0.1, -0.05) is 159 Å². The predicted octanol–water partition coefficient (Wildman–Crippen LogP) is 14.2. The van der Waals surface area contributed by atoms with Crippen molar-refractivity contribution in [1.82, 2.24) is 15.0 Å². The topological polar surface area (TPSA) is 51.8 Å². The Kier molecular flexibility index (Phi) is 6.94. The van der Waals surface area contributed by atoms with Gasteiger partial charge in [-0.3, -0.25) is 0 Å². The third kappa shape index (κ3) is 4.85. The van der Waals surface area contributed by atoms with Gasteiger partial charge in [-0.25, -0.2) is 15.0 Å². The van der Waals surface area contributed by atoms with Crippen molar-refractivity contribution in [3.8, 4) is 56.4 Å². The van der Waals surface area contributed by atoms with Gasteiger partial charge in [0.05, 0.1) is 0 Å². The molecule has 11 aromatic rings. The van der Waals surface area contributed by atoms with Crippen LogP contribution in [0.5, 0.6) is 0 Å². The molecule has 0 bridgehead atoms. The van der Waals surface area contributed by atoms with Crippen LogP contribution in [-0.4, -0.2) is 15.0 Å². The van der Waals surface area contributed by atoms with Gasteiger partial charge in [0.2, 0.25) is 0 Å². The lowest BCUT2D eigenvalue weighted by molar-refractivity contribution is 0.660. The van der Waals surface area contributed by atoms with Gasteiger partial charge in [-0.15, -0.1) is 0 Å². The molecular formula is C54H35N3O. The molecule has 4 nitrogen and oxygen atoms in total. The summed E-state index contributed by atoms with van der Waals surface area (Å²) < 4.78 is 6.56. The summed E-state index contributed by atoms with van der Waals surface area (Å²) in [7, 11) is 0. The lowest BCUT2D eigenvalue weighted by atomic mass is 9.82. The lowest BCUT2D eigenvalue weighted by Gasteiger charge is -2.21. The standard InChI is InChI=1S/C54H35N3O/c1-54(2)46-21-11-10-19-42(46)43-27-24-34(30-47(43)54)52-55-51(33-23-26-41-39-17-7-6-15-37(39)38-16-8-9-18-40(38)45(41)29-33)56-53(57-52)35-25-28-44-49(31-35)58-48-22-12-20-36(50(44)48)32-13-4-3-5-14-32/h3-31H,1-2H3. The van der Waals surface area contributed by atoms with E-state index in [1.54, 1.807) is 0 Å². The van der Waals surface area contributed by atoms with Crippen molar-refractivity contribution in [3.05, 3.63) is 187 Å². The van der Waals surface area contributed by atoms with E-state index in [0.717, 1.165) is 49.8 Å². The average molecular weight is 742 g/mol. The molecule has 0 N–H and O–H groups in total. The maximum absolute atomic E-state index is 6.56. The highest BCUT2D eigenvalue weighted by Gasteiger charge is 2.35. The molecule has 58 heavy (non-hydrogen) atoms. The van der Waals surface area contributed by atoms with Crippen molar-refractivity contribution in [2.75, 3.05) is 0 Å². The van der Waals surface area contributed by atoms with E-state index in [-0.39, 0.29) is 5.41 Å². The first kappa shape index (κ1) is 32.8. The molecule has 2 aromatic heterocycles. The summed E-state index contributed by atoms with van der Waals surface area (Å²) in [6.07, 6.45) is 0. The highest BCUT2D eigenvalue weighted by molar-refractivity contribution is 6.25. The third-order valence-electron chi connectivity index (χ3n) is 12.3. The fourth-order valence-corrected chi connectivity index (χ4v) is 9.48. The molecule has 1 aliphatic carbocycles. The first-order valence-electron chi connectivity index (χ1n) is 19.9. The number of nitrogens with zero attached hydrogens (tertiary/aromatic N) is 3. The number of aromatic nitrogens is 3. The van der Waals surface area contributed by atoms with E-state index >= 15 is 0 Å². The monoisotopic (exact) mass is 741 g/mol. The minimum absolute atomic E-state index is 0.159. The minimum atomic E-state index is -0.159. The quantitative estimate of drug-likeness (QED) is 0.169. The Hall–Kier alpha value is -7.43. The summed E-state index contributed by atoms with van der Waals surface area (Å²) in [5.41, 5.74) is 11.7. The highest BCUT2D eigenvalue weighted by atomic mass is 16.3. The molecule has 4 heteroatoms. The maximum Gasteiger partial charge on any atom is 0.164 e. The van der Waals surface area contributed by atoms with Crippen LogP contribution in [0.3, 0.4) is 0 Å². The molecule has 0 amide bonds. The van der Waals surface area contributed by atoms with E-state index in [2.05, 4.69) is 178 Å². The summed E-state index contributed by atoms with van der Waals surface area (Å²) in [6.45, 7) is 4.61. The van der Waals surface area contributed by atoms with Crippen molar-refractivity contribution in [2.45, 2.75) is 19.3 Å². The van der Waals surface area contributed by atoms with Crippen molar-refractivity contribution >= 4 is 54.3 Å². The SMILES string of the molecule is CC1(C)c2ccccc2-c2ccc(-c3nc(-c4ccc5c(c4)oc4cccc(-c6ccccc6)c45)nc(-c4ccc5c6ccccc6c6ccccc6c5c4)n3)cc21. The number of hydrogen-bond donors (Lipinski definition) is 0. The zero-order valence-electron chi connectivity index (χ0n) is 32.0. The van der Waals surface area contributed by atoms with Crippen LogP contribution in [-0.2, 0) is 5.41 Å². The van der Waals surface area contributed by atoms with Crippen LogP contribution in [0.15, 0.2) is 180 Å². The molecule has 9 aromatic carbocycles. The zero-order valence-corrected chi connectivity index (χ0v) is 32.0. The second-order valence-electron chi connectivity index (χ2n) is 15.9. The number of rotatable bonds is 4. The molecule has 0 spiro atoms. The average Bonchev–Trinajstić information content (AvgIpc) is 3.77. The van der Waals surface area contributed by atoms with E-state index in [9.17, 15) is 0 Å². The Morgan fingerprint density at radius 2 is 0.862 bits per heavy atom. The normalized spacial score (nSPS) is 13.1. The van der Waals surface area contributed by atoms with Crippen LogP contribution in [0.25, 0.3) is 111 Å². The fraction of sp³-hybridized carbons (Fsp3) is 0.0556. The van der Waals surface area contributed by atoms with E-state index in [0.29, 0.717) is 17.5 Å². The second-order valence-corrected chi connectivity index (χ2v) is 15.9. The van der Waals surface area contributed by atoms with E-state index in [4.69, 9.17) is 19.4 Å². The smallest absolute Gasteiger partial charge is 0.164 e. The number of furan rings is 1. The van der Waals surface area contributed by atoms with Crippen LogP contribution < -0.4 is 0 Å². The molecule has 272 valence electrons. The summed E-state index contributed by atoms with van der Waals surface area (Å²) >= 11 is 0. The molecule has 0 saturated carbocycles. The Labute approximate surface area is 335 Å². The minimum Gasteiger partial charge on any atom is -0.456 e. The Balaban J connectivity index is 1.07. The largest absolute Gasteiger partial charge is 0.456 e. The Morgan fingerprint density at radius 3 is 1.57 bits per heavy atom. The molecular weight excluding hydrogens is 707 g/mol. The molecule has 0 aliphatic heterocycles. The van der Waals surface area contributed by atoms with Crippen LogP contribution in [0.4, 0.5) is 0 Å². The van der Waals surface area contributed by atoms with E-state index in [1.807, 2.05) is 12.1 Å². The van der Waals surface area contributed by atoms with E-state index < -0.39 is 0 Å². The van der Waals surface area contributed by atoms with Gasteiger partial charge in [0.25, 0.3) is 0 Å². The highest BCUT2D eigenvalue weighted by Crippen LogP contribution is 2.49. The molecule has 0 radical (unpaired) electrons. The van der Waals surface area contributed by atoms with Gasteiger partial charge in [-0.05, 0) is 96.0 Å². The molecule has 0 atom stereocenters. The summed E-state index contributed by atoms with van der Waals surface area (Å²) in [4.78, 5) is 15.7. The summed E-state index contributed by atoms with van der Waals surface area (Å²) in [5, 5.41) is 9.46. The first-order valence-corrected chi connectivity index (χ1v) is 19.9. The van der Waals surface area contributed by atoms with Gasteiger partial charge in [0.1, 0.15) is 11.2 Å². The fourth-order valence-electron chi connectivity index (χ4n) is 9.48. The molecule has 0 unspecified atom stereocenters. The van der Waals surface area contributed by atoms with Crippen molar-refractivity contribution in [1.29, 1.82) is 0 Å². The Morgan fingerprint density at radius 1 is 0.345 bits per heavy atom. The second kappa shape index (κ2) is 12.3. The molecule has 0 saturated heterocycles. The first-order chi connectivity index (χ1) is 28.5. The molecule has 0 fully saturated rings. The maximum atomic E-state index is 6.56. The molecule has 12 rings (SSSR count). The zero-order chi connectivity index (χ0) is 38.5. The Bertz CT molecular complexity index is 3450. The lowest BCUT2D eigenvalue weighted by Crippen LogP contribution is -2.15. The van der Waals surface area contributed by atoms with Gasteiger partial charge >= 0.3 is 0 Å². The van der Waals surface area contributed by atoms with Crippen molar-refractivity contribution in [2.24, 2.45) is 0 Å². The van der Waals surface area contributed by atoms with Gasteiger partial charge < -0.3 is 4.42 Å². The van der Waals surface area contributed by atoms with Crippen molar-refractivity contribution in [3.63, 3.8) is 0 Å². The van der Waals surface area contributed by atoms with Gasteiger partial charge in [-0.2, -0.15) is 0 Å². The number of hydrogen-bond acceptors (Lipinski definition) is 4. The molecule has 2 heterocycles. The van der Waals surface area contributed by atoms with E-state index in [1.165, 1.54) is 54.6 Å². The number of fused-ring (bicyclic) bond motifs is 12. The van der Waals surface area contributed by atoms with Gasteiger partial charge in [0, 0.05) is 32.9 Å². The molecule has 1 aliphatic rings. The van der Waals surface area contributed by atoms with Crippen molar-refractivity contribution < 1.29 is 4.42 Å². The van der Waals surface area contributed by atoms with Crippen LogP contribution >= 0.6 is 0 Å². The predicted molar refractivity (Wildman–Crippen MR) is 239 cm³/mol. The third-order valence-corrected chi connectivity index (χ3v) is 12.3. The summed E-state index contributed by atoms with van der Waals surface area (Å²) in [5.74, 6) is 1.85.